The van der Waals surface area contributed by atoms with E-state index >= 15 is 0 Å². The summed E-state index contributed by atoms with van der Waals surface area (Å²) in [6.07, 6.45) is 2.41. The van der Waals surface area contributed by atoms with E-state index in [2.05, 4.69) is 22.5 Å². The molecule has 0 unspecified atom stereocenters. The summed E-state index contributed by atoms with van der Waals surface area (Å²) in [5, 5.41) is 9.02. The van der Waals surface area contributed by atoms with Crippen molar-refractivity contribution >= 4 is 11.7 Å². The number of aryl methyl sites for hydroxylation is 1. The van der Waals surface area contributed by atoms with Crippen LogP contribution in [0.15, 0.2) is 30.3 Å². The van der Waals surface area contributed by atoms with Crippen LogP contribution in [0.25, 0.3) is 0 Å². The van der Waals surface area contributed by atoms with Gasteiger partial charge >= 0.3 is 0 Å². The van der Waals surface area contributed by atoms with Crippen LogP contribution in [0.4, 0.5) is 0 Å². The molecule has 4 rings (SSSR count). The molecule has 0 atom stereocenters. The largest absolute Gasteiger partial charge is 0.345 e. The molecule has 6 heteroatoms. The van der Waals surface area contributed by atoms with Gasteiger partial charge in [0.15, 0.2) is 5.78 Å². The summed E-state index contributed by atoms with van der Waals surface area (Å²) >= 11 is 0. The number of ketones is 1. The highest BCUT2D eigenvalue weighted by Gasteiger charge is 2.29. The summed E-state index contributed by atoms with van der Waals surface area (Å²) in [4.78, 5) is 29.5. The lowest BCUT2D eigenvalue weighted by Gasteiger charge is -2.34. The molecule has 150 valence electrons. The van der Waals surface area contributed by atoms with E-state index < -0.39 is 0 Å². The van der Waals surface area contributed by atoms with E-state index in [4.69, 9.17) is 5.26 Å². The fraction of sp³-hybridized carbons (Fsp3) is 0.435. The van der Waals surface area contributed by atoms with Gasteiger partial charge in [-0.2, -0.15) is 5.26 Å². The Kier molecular flexibility index (Phi) is 5.25. The number of hydrogen-bond donors (Lipinski definition) is 0. The summed E-state index contributed by atoms with van der Waals surface area (Å²) in [7, 11) is 0. The highest BCUT2D eigenvalue weighted by atomic mass is 16.2. The molecule has 0 bridgehead atoms. The molecule has 1 saturated heterocycles. The Bertz CT molecular complexity index is 989. The molecule has 6 nitrogen and oxygen atoms in total. The molecule has 1 aliphatic heterocycles. The van der Waals surface area contributed by atoms with E-state index in [9.17, 15) is 9.59 Å². The standard InChI is InChI=1S/C23H26N4O2/c1-16-12-21(17(2)27(16)20-6-7-20)22(28)15-25-8-10-26(11-9-25)23(29)19-5-3-4-18(13-19)14-24/h3-5,12-13,20H,6-11,15H2,1-2H3. The normalized spacial score (nSPS) is 17.2. The van der Waals surface area contributed by atoms with Gasteiger partial charge in [-0.1, -0.05) is 6.07 Å². The summed E-state index contributed by atoms with van der Waals surface area (Å²) < 4.78 is 2.30. The quantitative estimate of drug-likeness (QED) is 0.736. The fourth-order valence-corrected chi connectivity index (χ4v) is 4.26. The number of piperazine rings is 1. The Morgan fingerprint density at radius 1 is 1.10 bits per heavy atom. The Morgan fingerprint density at radius 2 is 1.83 bits per heavy atom. The van der Waals surface area contributed by atoms with Crippen molar-refractivity contribution in [3.63, 3.8) is 0 Å². The van der Waals surface area contributed by atoms with Gasteiger partial charge < -0.3 is 9.47 Å². The number of nitrogens with zero attached hydrogens (tertiary/aromatic N) is 4. The van der Waals surface area contributed by atoms with Crippen LogP contribution in [0, 0.1) is 25.2 Å². The summed E-state index contributed by atoms with van der Waals surface area (Å²) in [5.41, 5.74) is 4.12. The molecule has 0 radical (unpaired) electrons. The van der Waals surface area contributed by atoms with Crippen LogP contribution in [0.1, 0.15) is 56.6 Å². The Labute approximate surface area is 171 Å². The van der Waals surface area contributed by atoms with E-state index in [1.54, 1.807) is 29.2 Å². The lowest BCUT2D eigenvalue weighted by molar-refractivity contribution is 0.0624. The Hall–Kier alpha value is -2.91. The highest BCUT2D eigenvalue weighted by molar-refractivity contribution is 5.99. The second kappa shape index (κ2) is 7.84. The second-order valence-electron chi connectivity index (χ2n) is 8.07. The first-order chi connectivity index (χ1) is 14.0. The summed E-state index contributed by atoms with van der Waals surface area (Å²) in [5.74, 6) is 0.104. The molecule has 1 aliphatic carbocycles. The number of aromatic nitrogens is 1. The minimum atomic E-state index is -0.0546. The molecule has 0 spiro atoms. The molecule has 2 heterocycles. The van der Waals surface area contributed by atoms with Crippen molar-refractivity contribution in [3.8, 4) is 6.07 Å². The number of benzene rings is 1. The summed E-state index contributed by atoms with van der Waals surface area (Å²) in [6, 6.07) is 11.5. The van der Waals surface area contributed by atoms with Gasteiger partial charge in [0.2, 0.25) is 0 Å². The Balaban J connectivity index is 1.35. The maximum atomic E-state index is 12.9. The highest BCUT2D eigenvalue weighted by Crippen LogP contribution is 2.38. The van der Waals surface area contributed by atoms with Gasteiger partial charge in [0.1, 0.15) is 0 Å². The molecule has 0 N–H and O–H groups in total. The smallest absolute Gasteiger partial charge is 0.253 e. The van der Waals surface area contributed by atoms with Crippen molar-refractivity contribution in [2.45, 2.75) is 32.7 Å². The van der Waals surface area contributed by atoms with Gasteiger partial charge in [0.05, 0.1) is 18.2 Å². The van der Waals surface area contributed by atoms with Gasteiger partial charge in [0, 0.05) is 54.7 Å². The van der Waals surface area contributed by atoms with Crippen molar-refractivity contribution in [1.29, 1.82) is 5.26 Å². The van der Waals surface area contributed by atoms with Crippen molar-refractivity contribution < 1.29 is 9.59 Å². The van der Waals surface area contributed by atoms with Crippen LogP contribution >= 0.6 is 0 Å². The van der Waals surface area contributed by atoms with E-state index in [1.165, 1.54) is 18.5 Å². The zero-order valence-corrected chi connectivity index (χ0v) is 17.0. The first-order valence-electron chi connectivity index (χ1n) is 10.2. The first kappa shape index (κ1) is 19.4. The zero-order valence-electron chi connectivity index (χ0n) is 17.0. The lowest BCUT2D eigenvalue weighted by Crippen LogP contribution is -2.49. The average molecular weight is 390 g/mol. The third-order valence-electron chi connectivity index (χ3n) is 5.96. The monoisotopic (exact) mass is 390 g/mol. The number of carbonyl (C=O) groups excluding carboxylic acids is 2. The maximum Gasteiger partial charge on any atom is 0.253 e. The number of nitriles is 1. The minimum Gasteiger partial charge on any atom is -0.345 e. The molecule has 1 amide bonds. The van der Waals surface area contributed by atoms with E-state index in [0.29, 0.717) is 49.9 Å². The predicted octanol–water partition coefficient (Wildman–Crippen LogP) is 2.95. The maximum absolute atomic E-state index is 12.9. The van der Waals surface area contributed by atoms with Crippen LogP contribution in [-0.4, -0.2) is 58.8 Å². The molecule has 2 aromatic rings. The summed E-state index contributed by atoms with van der Waals surface area (Å²) in [6.45, 7) is 7.04. The number of Topliss-reactive ketones (excluding diaryl/α,β-unsaturated/α-hetero) is 1. The third kappa shape index (κ3) is 3.96. The van der Waals surface area contributed by atoms with Crippen molar-refractivity contribution in [2.75, 3.05) is 32.7 Å². The van der Waals surface area contributed by atoms with E-state index in [1.807, 2.05) is 13.0 Å². The number of hydrogen-bond acceptors (Lipinski definition) is 4. The van der Waals surface area contributed by atoms with Crippen LogP contribution in [0.3, 0.4) is 0 Å². The lowest BCUT2D eigenvalue weighted by atomic mass is 10.1. The zero-order chi connectivity index (χ0) is 20.5. The molecule has 1 aromatic heterocycles. The van der Waals surface area contributed by atoms with Crippen LogP contribution in [-0.2, 0) is 0 Å². The number of carbonyl (C=O) groups is 2. The molecule has 1 aromatic carbocycles. The third-order valence-corrected chi connectivity index (χ3v) is 5.96. The second-order valence-corrected chi connectivity index (χ2v) is 8.07. The minimum absolute atomic E-state index is 0.0546. The first-order valence-corrected chi connectivity index (χ1v) is 10.2. The van der Waals surface area contributed by atoms with Gasteiger partial charge in [0.25, 0.3) is 5.91 Å². The van der Waals surface area contributed by atoms with Crippen molar-refractivity contribution in [1.82, 2.24) is 14.4 Å². The molecule has 29 heavy (non-hydrogen) atoms. The molecule has 2 aliphatic rings. The molecule has 1 saturated carbocycles. The van der Waals surface area contributed by atoms with Gasteiger partial charge in [-0.15, -0.1) is 0 Å². The SMILES string of the molecule is Cc1cc(C(=O)CN2CCN(C(=O)c3cccc(C#N)c3)CC2)c(C)n1C1CC1. The van der Waals surface area contributed by atoms with Gasteiger partial charge in [-0.3, -0.25) is 14.5 Å². The number of rotatable bonds is 5. The van der Waals surface area contributed by atoms with E-state index in [0.717, 1.165) is 11.3 Å². The molecule has 2 fully saturated rings. The fourth-order valence-electron chi connectivity index (χ4n) is 4.26. The van der Waals surface area contributed by atoms with Crippen molar-refractivity contribution in [2.24, 2.45) is 0 Å². The Morgan fingerprint density at radius 3 is 2.48 bits per heavy atom. The topological polar surface area (TPSA) is 69.3 Å². The number of amides is 1. The predicted molar refractivity (Wildman–Crippen MR) is 110 cm³/mol. The average Bonchev–Trinajstić information content (AvgIpc) is 3.52. The van der Waals surface area contributed by atoms with E-state index in [-0.39, 0.29) is 11.7 Å². The van der Waals surface area contributed by atoms with Gasteiger partial charge in [-0.05, 0) is 51.0 Å². The van der Waals surface area contributed by atoms with Gasteiger partial charge in [-0.25, -0.2) is 0 Å². The van der Waals surface area contributed by atoms with Crippen LogP contribution in [0.5, 0.6) is 0 Å². The molecular weight excluding hydrogens is 364 g/mol. The van der Waals surface area contributed by atoms with Crippen LogP contribution < -0.4 is 0 Å². The van der Waals surface area contributed by atoms with Crippen molar-refractivity contribution in [3.05, 3.63) is 58.4 Å². The molecular formula is C23H26N4O2. The van der Waals surface area contributed by atoms with Crippen LogP contribution in [0.2, 0.25) is 0 Å².